The third kappa shape index (κ3) is 5.98. The zero-order valence-electron chi connectivity index (χ0n) is 19.5. The molecule has 1 aliphatic heterocycles. The molecule has 8 nitrogen and oxygen atoms in total. The van der Waals surface area contributed by atoms with Gasteiger partial charge in [0.15, 0.2) is 0 Å². The van der Waals surface area contributed by atoms with E-state index in [0.717, 1.165) is 24.3 Å². The molecule has 0 atom stereocenters. The molecule has 3 rings (SSSR count). The Morgan fingerprint density at radius 1 is 1.09 bits per heavy atom. The summed E-state index contributed by atoms with van der Waals surface area (Å²) in [5, 5.41) is 5.93. The first-order valence-corrected chi connectivity index (χ1v) is 10.9. The van der Waals surface area contributed by atoms with Crippen molar-refractivity contribution in [2.24, 2.45) is 0 Å². The summed E-state index contributed by atoms with van der Waals surface area (Å²) in [7, 11) is 4.02. The minimum atomic E-state index is -0.425. The first-order valence-electron chi connectivity index (χ1n) is 10.9. The highest BCUT2D eigenvalue weighted by Gasteiger charge is 2.25. The average Bonchev–Trinajstić information content (AvgIpc) is 3.09. The molecule has 174 valence electrons. The van der Waals surface area contributed by atoms with Gasteiger partial charge in [0.25, 0.3) is 5.91 Å². The van der Waals surface area contributed by atoms with Crippen molar-refractivity contribution in [3.63, 3.8) is 0 Å². The summed E-state index contributed by atoms with van der Waals surface area (Å²) in [6.45, 7) is 5.15. The van der Waals surface area contributed by atoms with Gasteiger partial charge in [-0.05, 0) is 70.4 Å². The highest BCUT2D eigenvalue weighted by molar-refractivity contribution is 6.31. The van der Waals surface area contributed by atoms with Crippen molar-refractivity contribution in [3.05, 3.63) is 59.8 Å². The van der Waals surface area contributed by atoms with Crippen LogP contribution in [0.15, 0.2) is 48.7 Å². The molecule has 0 saturated carbocycles. The predicted molar refractivity (Wildman–Crippen MR) is 130 cm³/mol. The number of hydrogen-bond donors (Lipinski definition) is 2. The number of amides is 2. The van der Waals surface area contributed by atoms with Gasteiger partial charge in [0.05, 0.1) is 17.7 Å². The molecule has 0 radical (unpaired) electrons. The molecule has 2 amide bonds. The van der Waals surface area contributed by atoms with Gasteiger partial charge >= 0.3 is 5.97 Å². The lowest BCUT2D eigenvalue weighted by molar-refractivity contribution is -0.116. The monoisotopic (exact) mass is 450 g/mol. The van der Waals surface area contributed by atoms with Crippen LogP contribution in [0.25, 0.3) is 5.57 Å². The number of fused-ring (bicyclic) bond motifs is 1. The number of carbonyl (C=O) groups excluding carboxylic acids is 3. The second-order valence-electron chi connectivity index (χ2n) is 8.01. The zero-order valence-corrected chi connectivity index (χ0v) is 19.5. The van der Waals surface area contributed by atoms with Crippen molar-refractivity contribution in [1.82, 2.24) is 4.90 Å². The van der Waals surface area contributed by atoms with Gasteiger partial charge in [-0.3, -0.25) is 9.59 Å². The Bertz CT molecular complexity index is 1060. The zero-order chi connectivity index (χ0) is 24.0. The van der Waals surface area contributed by atoms with E-state index in [-0.39, 0.29) is 18.4 Å². The Morgan fingerprint density at radius 3 is 2.45 bits per heavy atom. The molecule has 0 unspecified atom stereocenters. The molecule has 0 fully saturated rings. The summed E-state index contributed by atoms with van der Waals surface area (Å²) in [6, 6.07) is 12.5. The van der Waals surface area contributed by atoms with E-state index in [4.69, 9.17) is 4.74 Å². The van der Waals surface area contributed by atoms with Crippen molar-refractivity contribution >= 4 is 40.4 Å². The van der Waals surface area contributed by atoms with Gasteiger partial charge in [-0.15, -0.1) is 0 Å². The number of nitrogens with one attached hydrogen (secondary N) is 2. The van der Waals surface area contributed by atoms with Crippen LogP contribution in [-0.4, -0.2) is 56.5 Å². The van der Waals surface area contributed by atoms with Crippen molar-refractivity contribution in [3.8, 4) is 0 Å². The van der Waals surface area contributed by atoms with E-state index in [1.54, 1.807) is 43.1 Å². The fraction of sp³-hybridized carbons (Fsp3) is 0.320. The third-order valence-electron chi connectivity index (χ3n) is 5.24. The van der Waals surface area contributed by atoms with Crippen LogP contribution in [0.5, 0.6) is 0 Å². The van der Waals surface area contributed by atoms with E-state index in [1.165, 1.54) is 0 Å². The molecule has 0 spiro atoms. The number of nitrogens with zero attached hydrogens (tertiary/aromatic N) is 2. The Morgan fingerprint density at radius 2 is 1.82 bits per heavy atom. The molecule has 1 aliphatic rings. The molecule has 2 aromatic rings. The van der Waals surface area contributed by atoms with E-state index in [2.05, 4.69) is 15.5 Å². The summed E-state index contributed by atoms with van der Waals surface area (Å²) in [5.74, 6) is -0.678. The number of rotatable bonds is 9. The molecule has 1 heterocycles. The number of carbonyl (C=O) groups is 3. The summed E-state index contributed by atoms with van der Waals surface area (Å²) < 4.78 is 5.01. The van der Waals surface area contributed by atoms with E-state index in [0.29, 0.717) is 28.9 Å². The molecule has 2 N–H and O–H groups in total. The minimum Gasteiger partial charge on any atom is -0.462 e. The van der Waals surface area contributed by atoms with Crippen LogP contribution >= 0.6 is 0 Å². The molecule has 0 bridgehead atoms. The lowest BCUT2D eigenvalue weighted by Crippen LogP contribution is -2.31. The number of hydrogen-bond acceptors (Lipinski definition) is 6. The van der Waals surface area contributed by atoms with Gasteiger partial charge in [-0.1, -0.05) is 6.07 Å². The van der Waals surface area contributed by atoms with Gasteiger partial charge in [-0.25, -0.2) is 4.79 Å². The van der Waals surface area contributed by atoms with Gasteiger partial charge in [0.2, 0.25) is 5.91 Å². The van der Waals surface area contributed by atoms with Crippen LogP contribution in [0, 0.1) is 0 Å². The van der Waals surface area contributed by atoms with Gasteiger partial charge in [0, 0.05) is 42.3 Å². The summed E-state index contributed by atoms with van der Waals surface area (Å²) >= 11 is 0. The lowest BCUT2D eigenvalue weighted by Gasteiger charge is -2.22. The fourth-order valence-corrected chi connectivity index (χ4v) is 3.59. The second-order valence-corrected chi connectivity index (χ2v) is 8.01. The SMILES string of the molecule is CCOC(=O)c1ccc2c(c1)NC(=O)/C2=C\Nc1ccc(N(CCCN(C)C)C(C)=O)cc1. The first-order chi connectivity index (χ1) is 15.8. The minimum absolute atomic E-state index is 0.00185. The number of anilines is 3. The van der Waals surface area contributed by atoms with Crippen molar-refractivity contribution in [1.29, 1.82) is 0 Å². The maximum absolute atomic E-state index is 12.4. The van der Waals surface area contributed by atoms with Gasteiger partial charge < -0.3 is 25.2 Å². The van der Waals surface area contributed by atoms with Crippen molar-refractivity contribution in [2.45, 2.75) is 20.3 Å². The maximum atomic E-state index is 12.4. The number of benzene rings is 2. The highest BCUT2D eigenvalue weighted by Crippen LogP contribution is 2.32. The van der Waals surface area contributed by atoms with Gasteiger partial charge in [0.1, 0.15) is 0 Å². The topological polar surface area (TPSA) is 91.0 Å². The summed E-state index contributed by atoms with van der Waals surface area (Å²) in [5.41, 5.74) is 3.76. The van der Waals surface area contributed by atoms with Crippen LogP contribution in [0.4, 0.5) is 17.1 Å². The van der Waals surface area contributed by atoms with Crippen molar-refractivity contribution < 1.29 is 19.1 Å². The molecular weight excluding hydrogens is 420 g/mol. The second kappa shape index (κ2) is 10.8. The Hall–Kier alpha value is -3.65. The molecule has 33 heavy (non-hydrogen) atoms. The highest BCUT2D eigenvalue weighted by atomic mass is 16.5. The van der Waals surface area contributed by atoms with Crippen LogP contribution in [0.2, 0.25) is 0 Å². The molecule has 8 heteroatoms. The predicted octanol–water partition coefficient (Wildman–Crippen LogP) is 3.57. The molecule has 2 aromatic carbocycles. The standard InChI is InChI=1S/C25H30N4O4/c1-5-33-25(32)18-7-12-21-22(24(31)27-23(21)15-18)16-26-19-8-10-20(11-9-19)29(17(2)30)14-6-13-28(3)4/h7-12,15-16,26H,5-6,13-14H2,1-4H3,(H,27,31)/b22-16-. The van der Waals surface area contributed by atoms with E-state index in [1.807, 2.05) is 38.4 Å². The largest absolute Gasteiger partial charge is 0.462 e. The Kier molecular flexibility index (Phi) is 7.84. The fourth-order valence-electron chi connectivity index (χ4n) is 3.59. The number of ether oxygens (including phenoxy) is 1. The maximum Gasteiger partial charge on any atom is 0.338 e. The van der Waals surface area contributed by atoms with Crippen molar-refractivity contribution in [2.75, 3.05) is 49.3 Å². The summed E-state index contributed by atoms with van der Waals surface area (Å²) in [6.07, 6.45) is 2.52. The quantitative estimate of drug-likeness (QED) is 0.448. The van der Waals surface area contributed by atoms with E-state index >= 15 is 0 Å². The molecule has 0 saturated heterocycles. The summed E-state index contributed by atoms with van der Waals surface area (Å²) in [4.78, 5) is 40.3. The Labute approximate surface area is 194 Å². The van der Waals surface area contributed by atoms with Crippen LogP contribution in [0.1, 0.15) is 36.2 Å². The molecule has 0 aromatic heterocycles. The van der Waals surface area contributed by atoms with Gasteiger partial charge in [-0.2, -0.15) is 0 Å². The lowest BCUT2D eigenvalue weighted by atomic mass is 10.1. The Balaban J connectivity index is 1.71. The van der Waals surface area contributed by atoms with E-state index < -0.39 is 5.97 Å². The molecule has 0 aliphatic carbocycles. The average molecular weight is 451 g/mol. The first kappa shape index (κ1) is 24.0. The smallest absolute Gasteiger partial charge is 0.338 e. The van der Waals surface area contributed by atoms with Crippen LogP contribution < -0.4 is 15.5 Å². The van der Waals surface area contributed by atoms with E-state index in [9.17, 15) is 14.4 Å². The molecular formula is C25H30N4O4. The normalized spacial score (nSPS) is 13.6. The third-order valence-corrected chi connectivity index (χ3v) is 5.24. The van der Waals surface area contributed by atoms with Crippen LogP contribution in [-0.2, 0) is 14.3 Å². The van der Waals surface area contributed by atoms with Crippen LogP contribution in [0.3, 0.4) is 0 Å². The number of esters is 1.